The lowest BCUT2D eigenvalue weighted by Gasteiger charge is -2.04. The predicted octanol–water partition coefficient (Wildman–Crippen LogP) is 0.612. The highest BCUT2D eigenvalue weighted by Crippen LogP contribution is 2.16. The minimum absolute atomic E-state index is 0.102. The Hall–Kier alpha value is -1.27. The van der Waals surface area contributed by atoms with Crippen LogP contribution in [0.2, 0.25) is 5.02 Å². The van der Waals surface area contributed by atoms with Crippen LogP contribution in [0.3, 0.4) is 0 Å². The van der Waals surface area contributed by atoms with Crippen molar-refractivity contribution in [3.05, 3.63) is 28.8 Å². The molecule has 0 unspecified atom stereocenters. The van der Waals surface area contributed by atoms with Gasteiger partial charge in [0, 0.05) is 16.3 Å². The third-order valence-corrected chi connectivity index (χ3v) is 2.23. The van der Waals surface area contributed by atoms with Gasteiger partial charge in [0.2, 0.25) is 10.0 Å². The predicted molar refractivity (Wildman–Crippen MR) is 58.2 cm³/mol. The maximum atomic E-state index is 11.4. The van der Waals surface area contributed by atoms with Crippen LogP contribution in [0.25, 0.3) is 0 Å². The highest BCUT2D eigenvalue weighted by atomic mass is 35.5. The second kappa shape index (κ2) is 4.08. The van der Waals surface area contributed by atoms with Crippen molar-refractivity contribution in [1.29, 1.82) is 0 Å². The Kier molecular flexibility index (Phi) is 3.21. The number of carbonyl (C=O) groups is 1. The number of anilines is 1. The van der Waals surface area contributed by atoms with Crippen LogP contribution in [0, 0.1) is 0 Å². The number of hydrogen-bond acceptors (Lipinski definition) is 4. The summed E-state index contributed by atoms with van der Waals surface area (Å²) in [5.41, 5.74) is 5.84. The molecule has 0 spiro atoms. The molecule has 0 aliphatic rings. The topological polar surface area (TPSA) is 89.3 Å². The van der Waals surface area contributed by atoms with E-state index in [2.05, 4.69) is 0 Å². The molecule has 1 rings (SSSR count). The van der Waals surface area contributed by atoms with Crippen molar-refractivity contribution in [3.8, 4) is 0 Å². The van der Waals surface area contributed by atoms with Crippen molar-refractivity contribution in [1.82, 2.24) is 4.72 Å². The lowest BCUT2D eigenvalue weighted by molar-refractivity contribution is 0.0981. The van der Waals surface area contributed by atoms with E-state index in [-0.39, 0.29) is 10.6 Å². The smallest absolute Gasteiger partial charge is 0.264 e. The molecule has 0 aliphatic carbocycles. The van der Waals surface area contributed by atoms with Crippen molar-refractivity contribution in [2.24, 2.45) is 0 Å². The van der Waals surface area contributed by atoms with Gasteiger partial charge in [0.15, 0.2) is 0 Å². The number of carbonyl (C=O) groups excluding carboxylic acids is 1. The van der Waals surface area contributed by atoms with E-state index in [1.165, 1.54) is 18.2 Å². The maximum Gasteiger partial charge on any atom is 0.264 e. The van der Waals surface area contributed by atoms with Crippen molar-refractivity contribution in [2.45, 2.75) is 0 Å². The van der Waals surface area contributed by atoms with Gasteiger partial charge in [-0.1, -0.05) is 11.6 Å². The summed E-state index contributed by atoms with van der Waals surface area (Å²) in [7, 11) is -3.58. The van der Waals surface area contributed by atoms with E-state index in [1.807, 2.05) is 4.72 Å². The number of benzene rings is 1. The first-order valence-corrected chi connectivity index (χ1v) is 6.13. The fourth-order valence-corrected chi connectivity index (χ4v) is 1.67. The molecule has 0 bridgehead atoms. The summed E-state index contributed by atoms with van der Waals surface area (Å²) >= 11 is 5.66. The Morgan fingerprint density at radius 2 is 2.00 bits per heavy atom. The number of amides is 1. The molecule has 0 heterocycles. The van der Waals surface area contributed by atoms with Gasteiger partial charge in [-0.3, -0.25) is 4.79 Å². The first-order valence-electron chi connectivity index (χ1n) is 3.86. The number of rotatable bonds is 2. The van der Waals surface area contributed by atoms with Crippen molar-refractivity contribution in [2.75, 3.05) is 12.0 Å². The number of halogens is 1. The lowest BCUT2D eigenvalue weighted by atomic mass is 10.2. The Morgan fingerprint density at radius 3 is 2.47 bits per heavy atom. The third-order valence-electron chi connectivity index (χ3n) is 1.46. The van der Waals surface area contributed by atoms with Gasteiger partial charge < -0.3 is 5.73 Å². The van der Waals surface area contributed by atoms with E-state index in [9.17, 15) is 13.2 Å². The molecule has 5 nitrogen and oxygen atoms in total. The van der Waals surface area contributed by atoms with E-state index in [0.717, 1.165) is 6.26 Å². The molecule has 82 valence electrons. The molecule has 0 saturated carbocycles. The fraction of sp³-hybridized carbons (Fsp3) is 0.125. The maximum absolute atomic E-state index is 11.4. The monoisotopic (exact) mass is 248 g/mol. The highest BCUT2D eigenvalue weighted by molar-refractivity contribution is 7.89. The Bertz CT molecular complexity index is 478. The molecule has 1 amide bonds. The van der Waals surface area contributed by atoms with Gasteiger partial charge in [-0.25, -0.2) is 13.1 Å². The first kappa shape index (κ1) is 11.8. The summed E-state index contributed by atoms with van der Waals surface area (Å²) in [6.45, 7) is 0. The molecule has 0 fully saturated rings. The molecule has 3 N–H and O–H groups in total. The average molecular weight is 249 g/mol. The number of nitrogen functional groups attached to an aromatic ring is 1. The van der Waals surface area contributed by atoms with Gasteiger partial charge in [0.25, 0.3) is 5.91 Å². The first-order chi connectivity index (χ1) is 6.78. The van der Waals surface area contributed by atoms with Gasteiger partial charge in [-0.2, -0.15) is 0 Å². The van der Waals surface area contributed by atoms with E-state index in [0.29, 0.717) is 5.69 Å². The summed E-state index contributed by atoms with van der Waals surface area (Å²) in [6.07, 6.45) is 0.888. The molecule has 1 aromatic carbocycles. The van der Waals surface area contributed by atoms with Crippen LogP contribution in [0.5, 0.6) is 0 Å². The standard InChI is InChI=1S/C8H9ClN2O3S/c1-15(13,14)11-8(12)5-2-6(9)4-7(10)3-5/h2-4H,10H2,1H3,(H,11,12). The summed E-state index contributed by atoms with van der Waals surface area (Å²) in [4.78, 5) is 11.4. The number of nitrogens with two attached hydrogens (primary N) is 1. The molecular weight excluding hydrogens is 240 g/mol. The van der Waals surface area contributed by atoms with E-state index in [4.69, 9.17) is 17.3 Å². The normalized spacial score (nSPS) is 11.1. The van der Waals surface area contributed by atoms with Crippen LogP contribution in [0.4, 0.5) is 5.69 Å². The molecule has 15 heavy (non-hydrogen) atoms. The fourth-order valence-electron chi connectivity index (χ4n) is 0.971. The summed E-state index contributed by atoms with van der Waals surface area (Å²) < 4.78 is 23.4. The molecule has 0 aliphatic heterocycles. The van der Waals surface area contributed by atoms with E-state index < -0.39 is 15.9 Å². The quantitative estimate of drug-likeness (QED) is 0.751. The summed E-state index contributed by atoms with van der Waals surface area (Å²) in [6, 6.07) is 4.13. The van der Waals surface area contributed by atoms with Crippen molar-refractivity contribution >= 4 is 33.2 Å². The molecule has 0 saturated heterocycles. The van der Waals surface area contributed by atoms with Gasteiger partial charge in [-0.15, -0.1) is 0 Å². The van der Waals surface area contributed by atoms with Gasteiger partial charge in [-0.05, 0) is 18.2 Å². The van der Waals surface area contributed by atoms with Crippen LogP contribution in [-0.2, 0) is 10.0 Å². The molecule has 0 atom stereocenters. The zero-order valence-corrected chi connectivity index (χ0v) is 9.39. The lowest BCUT2D eigenvalue weighted by Crippen LogP contribution is -2.29. The minimum atomic E-state index is -3.58. The zero-order valence-electron chi connectivity index (χ0n) is 7.82. The van der Waals surface area contributed by atoms with Gasteiger partial charge in [0.1, 0.15) is 0 Å². The minimum Gasteiger partial charge on any atom is -0.399 e. The Balaban J connectivity index is 3.02. The second-order valence-electron chi connectivity index (χ2n) is 2.98. The van der Waals surface area contributed by atoms with Gasteiger partial charge in [0.05, 0.1) is 6.26 Å². The summed E-state index contributed by atoms with van der Waals surface area (Å²) in [5, 5.41) is 0.272. The molecule has 1 aromatic rings. The molecular formula is C8H9ClN2O3S. The van der Waals surface area contributed by atoms with Crippen LogP contribution in [-0.4, -0.2) is 20.6 Å². The largest absolute Gasteiger partial charge is 0.399 e. The van der Waals surface area contributed by atoms with Gasteiger partial charge >= 0.3 is 0 Å². The Morgan fingerprint density at radius 1 is 1.40 bits per heavy atom. The molecule has 0 aromatic heterocycles. The van der Waals surface area contributed by atoms with E-state index in [1.54, 1.807) is 0 Å². The molecule has 7 heteroatoms. The zero-order chi connectivity index (χ0) is 11.6. The average Bonchev–Trinajstić information content (AvgIpc) is 1.98. The second-order valence-corrected chi connectivity index (χ2v) is 5.16. The van der Waals surface area contributed by atoms with Crippen LogP contribution in [0.1, 0.15) is 10.4 Å². The van der Waals surface area contributed by atoms with Crippen molar-refractivity contribution < 1.29 is 13.2 Å². The number of sulfonamides is 1. The third kappa shape index (κ3) is 3.77. The Labute approximate surface area is 92.3 Å². The van der Waals surface area contributed by atoms with Crippen LogP contribution < -0.4 is 10.5 Å². The van der Waals surface area contributed by atoms with Crippen LogP contribution in [0.15, 0.2) is 18.2 Å². The highest BCUT2D eigenvalue weighted by Gasteiger charge is 2.11. The van der Waals surface area contributed by atoms with Crippen LogP contribution >= 0.6 is 11.6 Å². The number of nitrogens with one attached hydrogen (secondary N) is 1. The van der Waals surface area contributed by atoms with E-state index >= 15 is 0 Å². The number of hydrogen-bond donors (Lipinski definition) is 2. The van der Waals surface area contributed by atoms with Crippen molar-refractivity contribution in [3.63, 3.8) is 0 Å². The summed E-state index contributed by atoms with van der Waals surface area (Å²) in [5.74, 6) is -0.758. The molecule has 0 radical (unpaired) electrons. The SMILES string of the molecule is CS(=O)(=O)NC(=O)c1cc(N)cc(Cl)c1.